The van der Waals surface area contributed by atoms with Gasteiger partial charge in [-0.3, -0.25) is 5.43 Å². The first kappa shape index (κ1) is 21.6. The summed E-state index contributed by atoms with van der Waals surface area (Å²) in [5.74, 6) is 0. The minimum atomic E-state index is -0.155. The van der Waals surface area contributed by atoms with Crippen molar-refractivity contribution < 1.29 is 0 Å². The maximum Gasteiger partial charge on any atom is 0.203 e. The van der Waals surface area contributed by atoms with Crippen LogP contribution >= 0.6 is 23.7 Å². The fourth-order valence-corrected chi connectivity index (χ4v) is 4.86. The van der Waals surface area contributed by atoms with Crippen LogP contribution in [0.3, 0.4) is 0 Å². The number of anilines is 1. The molecule has 0 amide bonds. The van der Waals surface area contributed by atoms with E-state index in [9.17, 15) is 0 Å². The van der Waals surface area contributed by atoms with E-state index in [2.05, 4.69) is 56.9 Å². The number of halogens is 1. The number of benzene rings is 2. The Hall–Kier alpha value is -2.67. The van der Waals surface area contributed by atoms with Gasteiger partial charge in [0.25, 0.3) is 0 Å². The second kappa shape index (κ2) is 9.22. The second-order valence-electron chi connectivity index (χ2n) is 7.89. The Kier molecular flexibility index (Phi) is 6.41. The smallest absolute Gasteiger partial charge is 0.203 e. The van der Waals surface area contributed by atoms with Crippen LogP contribution in [0, 0.1) is 0 Å². The number of hydrazone groups is 1. The van der Waals surface area contributed by atoms with Crippen LogP contribution in [0.4, 0.5) is 5.13 Å². The predicted molar refractivity (Wildman–Crippen MR) is 133 cm³/mol. The Morgan fingerprint density at radius 1 is 1.23 bits per heavy atom. The largest absolute Gasteiger partial charge is 0.361 e. The number of hydrogen-bond acceptors (Lipinski definition) is 5. The molecule has 1 aliphatic rings. The van der Waals surface area contributed by atoms with Gasteiger partial charge in [-0.1, -0.05) is 30.3 Å². The Morgan fingerprint density at radius 2 is 2.06 bits per heavy atom. The molecule has 0 saturated carbocycles. The van der Waals surface area contributed by atoms with Crippen molar-refractivity contribution in [3.8, 4) is 0 Å². The summed E-state index contributed by atoms with van der Waals surface area (Å²) < 4.78 is 0. The molecule has 0 saturated heterocycles. The van der Waals surface area contributed by atoms with E-state index >= 15 is 0 Å². The van der Waals surface area contributed by atoms with Crippen molar-refractivity contribution in [3.63, 3.8) is 0 Å². The Labute approximate surface area is 192 Å². The number of aryl methyl sites for hydroxylation is 2. The van der Waals surface area contributed by atoms with Gasteiger partial charge in [0, 0.05) is 22.5 Å². The number of nitrogens with two attached hydrogens (primary N) is 1. The van der Waals surface area contributed by atoms with Gasteiger partial charge < -0.3 is 10.7 Å². The normalized spacial score (nSPS) is 14.3. The van der Waals surface area contributed by atoms with Crippen molar-refractivity contribution in [1.82, 2.24) is 9.97 Å². The number of nitrogens with one attached hydrogen (secondary N) is 2. The molecule has 1 atom stereocenters. The number of para-hydroxylation sites is 1. The zero-order valence-corrected chi connectivity index (χ0v) is 19.0. The van der Waals surface area contributed by atoms with Crippen LogP contribution in [0.15, 0.2) is 59.1 Å². The molecule has 2 heterocycles. The Bertz CT molecular complexity index is 1230. The van der Waals surface area contributed by atoms with E-state index in [0.717, 1.165) is 34.0 Å². The zero-order valence-electron chi connectivity index (χ0n) is 17.4. The van der Waals surface area contributed by atoms with Crippen LogP contribution in [-0.2, 0) is 19.3 Å². The third kappa shape index (κ3) is 4.51. The van der Waals surface area contributed by atoms with Gasteiger partial charge in [-0.2, -0.15) is 5.10 Å². The third-order valence-electron chi connectivity index (χ3n) is 5.85. The van der Waals surface area contributed by atoms with E-state index in [1.54, 1.807) is 0 Å². The van der Waals surface area contributed by atoms with E-state index in [0.29, 0.717) is 0 Å². The molecule has 0 bridgehead atoms. The lowest BCUT2D eigenvalue weighted by Crippen LogP contribution is -2.13. The van der Waals surface area contributed by atoms with Crippen LogP contribution in [0.2, 0.25) is 0 Å². The summed E-state index contributed by atoms with van der Waals surface area (Å²) in [7, 11) is 0. The van der Waals surface area contributed by atoms with Crippen LogP contribution in [0.25, 0.3) is 10.9 Å². The number of aromatic amines is 1. The van der Waals surface area contributed by atoms with Crippen molar-refractivity contribution in [1.29, 1.82) is 0 Å². The Balaban J connectivity index is 0.00000231. The molecular formula is C24H26ClN5S. The van der Waals surface area contributed by atoms with E-state index in [4.69, 9.17) is 5.73 Å². The first-order valence-electron chi connectivity index (χ1n) is 10.4. The number of nitrogens with zero attached hydrogens (tertiary/aromatic N) is 2. The fourth-order valence-electron chi connectivity index (χ4n) is 4.14. The summed E-state index contributed by atoms with van der Waals surface area (Å²) in [5.41, 5.74) is 17.9. The summed E-state index contributed by atoms with van der Waals surface area (Å²) in [6.45, 7) is 2.03. The molecule has 4 aromatic rings. The first-order chi connectivity index (χ1) is 14.7. The lowest BCUT2D eigenvalue weighted by molar-refractivity contribution is 0.705. The maximum absolute atomic E-state index is 6.46. The molecule has 0 unspecified atom stereocenters. The van der Waals surface area contributed by atoms with Crippen molar-refractivity contribution >= 4 is 45.5 Å². The van der Waals surface area contributed by atoms with Gasteiger partial charge in [0.2, 0.25) is 5.13 Å². The van der Waals surface area contributed by atoms with Crippen LogP contribution in [0.1, 0.15) is 47.3 Å². The molecule has 5 nitrogen and oxygen atoms in total. The van der Waals surface area contributed by atoms with Gasteiger partial charge in [0.1, 0.15) is 0 Å². The number of thiazole rings is 1. The molecule has 0 aliphatic heterocycles. The van der Waals surface area contributed by atoms with E-state index in [-0.39, 0.29) is 18.4 Å². The summed E-state index contributed by atoms with van der Waals surface area (Å²) in [6, 6.07) is 14.8. The topological polar surface area (TPSA) is 79.1 Å². The number of H-pyrrole nitrogens is 1. The van der Waals surface area contributed by atoms with E-state index in [1.807, 2.05) is 24.6 Å². The summed E-state index contributed by atoms with van der Waals surface area (Å²) >= 11 is 1.53. The molecule has 4 N–H and O–H groups in total. The number of fused-ring (bicyclic) bond motifs is 2. The van der Waals surface area contributed by atoms with Gasteiger partial charge >= 0.3 is 0 Å². The van der Waals surface area contributed by atoms with Gasteiger partial charge in [0.05, 0.1) is 17.4 Å². The third-order valence-corrected chi connectivity index (χ3v) is 6.62. The zero-order chi connectivity index (χ0) is 20.5. The lowest BCUT2D eigenvalue weighted by Gasteiger charge is -2.08. The monoisotopic (exact) mass is 451 g/mol. The van der Waals surface area contributed by atoms with E-state index in [1.165, 1.54) is 52.7 Å². The summed E-state index contributed by atoms with van der Waals surface area (Å²) in [6.07, 6.45) is 6.41. The summed E-state index contributed by atoms with van der Waals surface area (Å²) in [4.78, 5) is 7.97. The van der Waals surface area contributed by atoms with Crippen LogP contribution in [0.5, 0.6) is 0 Å². The minimum Gasteiger partial charge on any atom is -0.361 e. The van der Waals surface area contributed by atoms with Crippen LogP contribution in [-0.4, -0.2) is 15.7 Å². The minimum absolute atomic E-state index is 0. The average Bonchev–Trinajstić information content (AvgIpc) is 3.51. The highest BCUT2D eigenvalue weighted by atomic mass is 35.5. The van der Waals surface area contributed by atoms with E-state index < -0.39 is 0 Å². The van der Waals surface area contributed by atoms with Gasteiger partial charge in [-0.05, 0) is 67.0 Å². The molecular weight excluding hydrogens is 426 g/mol. The maximum atomic E-state index is 6.46. The second-order valence-corrected chi connectivity index (χ2v) is 8.75. The highest BCUT2D eigenvalue weighted by molar-refractivity contribution is 7.13. The number of aromatic nitrogens is 2. The molecule has 0 fully saturated rings. The van der Waals surface area contributed by atoms with Gasteiger partial charge in [-0.15, -0.1) is 23.7 Å². The quantitative estimate of drug-likeness (QED) is 0.263. The summed E-state index contributed by atoms with van der Waals surface area (Å²) in [5, 5.41) is 8.55. The molecule has 2 aromatic carbocycles. The van der Waals surface area contributed by atoms with Crippen molar-refractivity contribution in [3.05, 3.63) is 82.0 Å². The molecule has 160 valence electrons. The van der Waals surface area contributed by atoms with Crippen molar-refractivity contribution in [2.45, 2.75) is 38.6 Å². The van der Waals surface area contributed by atoms with Gasteiger partial charge in [0.15, 0.2) is 0 Å². The highest BCUT2D eigenvalue weighted by Crippen LogP contribution is 2.26. The van der Waals surface area contributed by atoms with Crippen molar-refractivity contribution in [2.24, 2.45) is 10.8 Å². The highest BCUT2D eigenvalue weighted by Gasteiger charge is 2.15. The molecule has 0 spiro atoms. The molecule has 7 heteroatoms. The molecule has 0 radical (unpaired) electrons. The first-order valence-corrected chi connectivity index (χ1v) is 11.2. The molecule has 5 rings (SSSR count). The Morgan fingerprint density at radius 3 is 2.97 bits per heavy atom. The molecule has 1 aliphatic carbocycles. The van der Waals surface area contributed by atoms with Crippen molar-refractivity contribution in [2.75, 3.05) is 5.43 Å². The molecule has 31 heavy (non-hydrogen) atoms. The molecule has 2 aromatic heterocycles. The lowest BCUT2D eigenvalue weighted by atomic mass is 10.0. The fraction of sp³-hybridized carbons (Fsp3) is 0.250. The number of hydrogen-bond donors (Lipinski definition) is 3. The SMILES string of the molecule is C/C(=N\Nc1nc([C@@H](N)Cc2c[nH]c3ccccc23)cs1)c1ccc2c(c1)CCC2.Cl. The standard InChI is InChI=1S/C24H25N5S.ClH/c1-15(17-10-9-16-5-4-6-18(16)11-17)28-29-24-27-23(14-30-24)21(25)12-19-13-26-22-8-3-2-7-20(19)22;/h2-3,7-11,13-14,21,26H,4-6,12,25H2,1H3,(H,27,29);1H/b28-15+;/t21-;/m0./s1. The van der Waals surface area contributed by atoms with Gasteiger partial charge in [-0.25, -0.2) is 4.98 Å². The predicted octanol–water partition coefficient (Wildman–Crippen LogP) is 5.61. The van der Waals surface area contributed by atoms with Crippen LogP contribution < -0.4 is 11.2 Å². The average molecular weight is 452 g/mol. The number of rotatable bonds is 6.